The number of para-hydroxylation sites is 1. The van der Waals surface area contributed by atoms with Gasteiger partial charge in [-0.3, -0.25) is 0 Å². The molecule has 0 fully saturated rings. The second-order valence-corrected chi connectivity index (χ2v) is 7.01. The first kappa shape index (κ1) is 17.5. The number of nitrogens with zero attached hydrogens (tertiary/aromatic N) is 2. The molecule has 3 nitrogen and oxygen atoms in total. The highest BCUT2D eigenvalue weighted by Gasteiger charge is 2.40. The Morgan fingerprint density at radius 2 is 1.88 bits per heavy atom. The Morgan fingerprint density at radius 1 is 1.12 bits per heavy atom. The molecule has 1 unspecified atom stereocenters. The summed E-state index contributed by atoms with van der Waals surface area (Å²) in [5.41, 5.74) is 4.09. The van der Waals surface area contributed by atoms with Crippen molar-refractivity contribution in [3.63, 3.8) is 0 Å². The zero-order valence-electron chi connectivity index (χ0n) is 15.8. The van der Waals surface area contributed by atoms with Crippen molar-refractivity contribution in [1.29, 1.82) is 0 Å². The highest BCUT2D eigenvalue weighted by Crippen LogP contribution is 2.43. The summed E-state index contributed by atoms with van der Waals surface area (Å²) in [6, 6.07) is 8.83. The lowest BCUT2D eigenvalue weighted by molar-refractivity contribution is -0.0928. The van der Waals surface area contributed by atoms with Gasteiger partial charge >= 0.3 is 0 Å². The maximum atomic E-state index is 6.53. The summed E-state index contributed by atoms with van der Waals surface area (Å²) in [4.78, 5) is 2.51. The lowest BCUT2D eigenvalue weighted by Crippen LogP contribution is -2.41. The van der Waals surface area contributed by atoms with E-state index in [4.69, 9.17) is 4.74 Å². The van der Waals surface area contributed by atoms with Gasteiger partial charge in [-0.25, -0.2) is 0 Å². The Labute approximate surface area is 146 Å². The standard InChI is InChI=1S/C21H32N2O/c1-5-12-21(13-14-22(6-2)7-3)20-17(4)18-10-8-9-11-19(18)23(20)15-16-24-21/h8-11H,5-7,12-16H2,1-4H3. The number of ether oxygens (including phenoxy) is 1. The summed E-state index contributed by atoms with van der Waals surface area (Å²) in [6.07, 6.45) is 3.34. The largest absolute Gasteiger partial charge is 0.367 e. The molecule has 2 aromatic rings. The minimum absolute atomic E-state index is 0.126. The van der Waals surface area contributed by atoms with Gasteiger partial charge in [-0.15, -0.1) is 0 Å². The monoisotopic (exact) mass is 328 g/mol. The number of benzene rings is 1. The predicted molar refractivity (Wildman–Crippen MR) is 102 cm³/mol. The van der Waals surface area contributed by atoms with E-state index in [0.717, 1.165) is 52.0 Å². The van der Waals surface area contributed by atoms with Crippen LogP contribution in [0.2, 0.25) is 0 Å². The summed E-state index contributed by atoms with van der Waals surface area (Å²) >= 11 is 0. The number of aryl methyl sites for hydroxylation is 1. The highest BCUT2D eigenvalue weighted by molar-refractivity contribution is 5.85. The van der Waals surface area contributed by atoms with Gasteiger partial charge in [0.15, 0.2) is 0 Å². The van der Waals surface area contributed by atoms with E-state index in [1.807, 2.05) is 0 Å². The quantitative estimate of drug-likeness (QED) is 0.732. The maximum absolute atomic E-state index is 6.53. The van der Waals surface area contributed by atoms with Crippen LogP contribution in [0.3, 0.4) is 0 Å². The van der Waals surface area contributed by atoms with E-state index in [-0.39, 0.29) is 5.60 Å². The van der Waals surface area contributed by atoms with Crippen molar-refractivity contribution in [3.05, 3.63) is 35.5 Å². The first-order chi connectivity index (χ1) is 11.7. The molecule has 0 bridgehead atoms. The third-order valence-electron chi connectivity index (χ3n) is 5.73. The number of aromatic nitrogens is 1. The molecule has 3 heteroatoms. The van der Waals surface area contributed by atoms with Crippen molar-refractivity contribution < 1.29 is 4.74 Å². The van der Waals surface area contributed by atoms with Crippen LogP contribution in [0.1, 0.15) is 51.3 Å². The average Bonchev–Trinajstić information content (AvgIpc) is 2.91. The molecular formula is C21H32N2O. The van der Waals surface area contributed by atoms with Crippen LogP contribution in [0, 0.1) is 6.92 Å². The van der Waals surface area contributed by atoms with Gasteiger partial charge in [0, 0.05) is 24.0 Å². The number of rotatable bonds is 7. The van der Waals surface area contributed by atoms with Crippen LogP contribution < -0.4 is 0 Å². The van der Waals surface area contributed by atoms with Crippen molar-refractivity contribution in [2.24, 2.45) is 0 Å². The molecule has 132 valence electrons. The Balaban J connectivity index is 2.06. The van der Waals surface area contributed by atoms with Gasteiger partial charge in [0.2, 0.25) is 0 Å². The summed E-state index contributed by atoms with van der Waals surface area (Å²) in [7, 11) is 0. The number of hydrogen-bond donors (Lipinski definition) is 0. The van der Waals surface area contributed by atoms with Crippen molar-refractivity contribution in [2.45, 2.75) is 59.1 Å². The molecule has 0 saturated heterocycles. The van der Waals surface area contributed by atoms with Crippen LogP contribution in [-0.2, 0) is 16.9 Å². The number of fused-ring (bicyclic) bond motifs is 3. The van der Waals surface area contributed by atoms with E-state index in [9.17, 15) is 0 Å². The van der Waals surface area contributed by atoms with Crippen molar-refractivity contribution >= 4 is 10.9 Å². The van der Waals surface area contributed by atoms with Crippen LogP contribution >= 0.6 is 0 Å². The summed E-state index contributed by atoms with van der Waals surface area (Å²) in [6.45, 7) is 14.2. The van der Waals surface area contributed by atoms with Crippen molar-refractivity contribution in [2.75, 3.05) is 26.2 Å². The van der Waals surface area contributed by atoms with Gasteiger partial charge in [0.25, 0.3) is 0 Å². The van der Waals surface area contributed by atoms with E-state index >= 15 is 0 Å². The summed E-state index contributed by atoms with van der Waals surface area (Å²) in [5.74, 6) is 0. The lowest BCUT2D eigenvalue weighted by atomic mass is 9.86. The van der Waals surface area contributed by atoms with E-state index < -0.39 is 0 Å². The molecule has 1 aromatic heterocycles. The Bertz CT molecular complexity index is 686. The second-order valence-electron chi connectivity index (χ2n) is 7.01. The molecule has 1 aromatic carbocycles. The topological polar surface area (TPSA) is 17.4 Å². The molecule has 0 amide bonds. The van der Waals surface area contributed by atoms with Gasteiger partial charge in [0.05, 0.1) is 12.3 Å². The molecule has 1 atom stereocenters. The Morgan fingerprint density at radius 3 is 2.58 bits per heavy atom. The third-order valence-corrected chi connectivity index (χ3v) is 5.73. The molecule has 3 rings (SSSR count). The van der Waals surface area contributed by atoms with Crippen LogP contribution in [0.15, 0.2) is 24.3 Å². The fourth-order valence-electron chi connectivity index (χ4n) is 4.49. The highest BCUT2D eigenvalue weighted by atomic mass is 16.5. The Hall–Kier alpha value is -1.32. The molecule has 0 radical (unpaired) electrons. The molecule has 2 heterocycles. The van der Waals surface area contributed by atoms with Gasteiger partial charge in [-0.05, 0) is 44.5 Å². The first-order valence-electron chi connectivity index (χ1n) is 9.61. The molecule has 1 aliphatic rings. The van der Waals surface area contributed by atoms with Gasteiger partial charge < -0.3 is 14.2 Å². The van der Waals surface area contributed by atoms with Gasteiger partial charge in [-0.2, -0.15) is 0 Å². The molecule has 24 heavy (non-hydrogen) atoms. The minimum Gasteiger partial charge on any atom is -0.367 e. The normalized spacial score (nSPS) is 20.7. The molecular weight excluding hydrogens is 296 g/mol. The maximum Gasteiger partial charge on any atom is 0.110 e. The van der Waals surface area contributed by atoms with E-state index in [0.29, 0.717) is 0 Å². The zero-order valence-corrected chi connectivity index (χ0v) is 15.8. The van der Waals surface area contributed by atoms with E-state index in [2.05, 4.69) is 61.4 Å². The smallest absolute Gasteiger partial charge is 0.110 e. The molecule has 0 N–H and O–H groups in total. The predicted octanol–water partition coefficient (Wildman–Crippen LogP) is 4.71. The summed E-state index contributed by atoms with van der Waals surface area (Å²) < 4.78 is 9.07. The molecule has 0 saturated carbocycles. The lowest BCUT2D eigenvalue weighted by Gasteiger charge is -2.40. The van der Waals surface area contributed by atoms with E-state index in [1.54, 1.807) is 0 Å². The fraction of sp³-hybridized carbons (Fsp3) is 0.619. The summed E-state index contributed by atoms with van der Waals surface area (Å²) in [5, 5.41) is 1.39. The zero-order chi connectivity index (χ0) is 17.2. The van der Waals surface area contributed by atoms with Gasteiger partial charge in [-0.1, -0.05) is 45.4 Å². The first-order valence-corrected chi connectivity index (χ1v) is 9.61. The number of hydrogen-bond acceptors (Lipinski definition) is 2. The SMILES string of the molecule is CCCC1(CCN(CC)CC)OCCn2c1c(C)c1ccccc12. The van der Waals surface area contributed by atoms with Gasteiger partial charge in [0.1, 0.15) is 5.60 Å². The second kappa shape index (κ2) is 7.28. The van der Waals surface area contributed by atoms with E-state index in [1.165, 1.54) is 22.2 Å². The fourth-order valence-corrected chi connectivity index (χ4v) is 4.49. The molecule has 1 aliphatic heterocycles. The van der Waals surface area contributed by atoms with Crippen molar-refractivity contribution in [1.82, 2.24) is 9.47 Å². The Kier molecular flexibility index (Phi) is 5.31. The molecule has 0 spiro atoms. The van der Waals surface area contributed by atoms with Crippen molar-refractivity contribution in [3.8, 4) is 0 Å². The minimum atomic E-state index is -0.126. The third kappa shape index (κ3) is 2.89. The average molecular weight is 328 g/mol. The van der Waals surface area contributed by atoms with Crippen LogP contribution in [0.5, 0.6) is 0 Å². The van der Waals surface area contributed by atoms with Crippen LogP contribution in [0.25, 0.3) is 10.9 Å². The molecule has 0 aliphatic carbocycles. The van der Waals surface area contributed by atoms with Crippen LogP contribution in [0.4, 0.5) is 0 Å². The van der Waals surface area contributed by atoms with Crippen LogP contribution in [-0.4, -0.2) is 35.7 Å².